The SMILES string of the molecule is CCC/C=C/[C@@H]1C[C@H]2OC(C)(C)O[C@H]2O1. The molecule has 0 aromatic heterocycles. The number of allylic oxidation sites excluding steroid dienone is 1. The van der Waals surface area contributed by atoms with Gasteiger partial charge in [-0.3, -0.25) is 0 Å². The molecule has 3 atom stereocenters. The van der Waals surface area contributed by atoms with Crippen LogP contribution < -0.4 is 0 Å². The molecule has 2 saturated heterocycles. The first kappa shape index (κ1) is 11.1. The van der Waals surface area contributed by atoms with Gasteiger partial charge < -0.3 is 14.2 Å². The molecule has 2 aliphatic rings. The minimum atomic E-state index is -0.479. The Morgan fingerprint density at radius 1 is 1.33 bits per heavy atom. The molecule has 3 nitrogen and oxygen atoms in total. The second-order valence-electron chi connectivity index (χ2n) is 4.67. The fourth-order valence-electron chi connectivity index (χ4n) is 2.07. The van der Waals surface area contributed by atoms with Crippen molar-refractivity contribution in [3.63, 3.8) is 0 Å². The van der Waals surface area contributed by atoms with Crippen LogP contribution in [0.1, 0.15) is 40.0 Å². The Morgan fingerprint density at radius 2 is 2.13 bits per heavy atom. The molecule has 0 spiro atoms. The van der Waals surface area contributed by atoms with E-state index >= 15 is 0 Å². The number of unbranched alkanes of at least 4 members (excludes halogenated alkanes) is 1. The molecule has 0 N–H and O–H groups in total. The van der Waals surface area contributed by atoms with E-state index in [0.717, 1.165) is 12.8 Å². The second-order valence-corrected chi connectivity index (χ2v) is 4.67. The van der Waals surface area contributed by atoms with E-state index in [-0.39, 0.29) is 18.5 Å². The summed E-state index contributed by atoms with van der Waals surface area (Å²) in [4.78, 5) is 0. The molecular weight excluding hydrogens is 192 g/mol. The molecule has 2 fully saturated rings. The molecule has 0 unspecified atom stereocenters. The third-order valence-electron chi connectivity index (χ3n) is 2.72. The van der Waals surface area contributed by atoms with Crippen LogP contribution in [-0.4, -0.2) is 24.3 Å². The van der Waals surface area contributed by atoms with Crippen molar-refractivity contribution in [1.29, 1.82) is 0 Å². The summed E-state index contributed by atoms with van der Waals surface area (Å²) in [6, 6.07) is 0. The number of rotatable bonds is 3. The standard InChI is InChI=1S/C12H20O3/c1-4-5-6-7-9-8-10-11(13-9)15-12(2,3)14-10/h6-7,9-11H,4-5,8H2,1-3H3/b7-6+/t9-,10-,11-/m1/s1. The van der Waals surface area contributed by atoms with Gasteiger partial charge in [0, 0.05) is 6.42 Å². The average molecular weight is 212 g/mol. The highest BCUT2D eigenvalue weighted by Crippen LogP contribution is 2.37. The van der Waals surface area contributed by atoms with E-state index in [1.165, 1.54) is 6.42 Å². The van der Waals surface area contributed by atoms with Gasteiger partial charge in [0.05, 0.1) is 6.10 Å². The number of ether oxygens (including phenoxy) is 3. The maximum absolute atomic E-state index is 5.73. The van der Waals surface area contributed by atoms with Gasteiger partial charge in [0.1, 0.15) is 6.10 Å². The first-order chi connectivity index (χ1) is 7.11. The lowest BCUT2D eigenvalue weighted by Gasteiger charge is -2.19. The first-order valence-corrected chi connectivity index (χ1v) is 5.78. The quantitative estimate of drug-likeness (QED) is 0.673. The van der Waals surface area contributed by atoms with Gasteiger partial charge >= 0.3 is 0 Å². The van der Waals surface area contributed by atoms with Gasteiger partial charge in [-0.2, -0.15) is 0 Å². The second kappa shape index (κ2) is 4.24. The van der Waals surface area contributed by atoms with Crippen LogP contribution in [0.15, 0.2) is 12.2 Å². The summed E-state index contributed by atoms with van der Waals surface area (Å²) in [5.74, 6) is -0.479. The van der Waals surface area contributed by atoms with Crippen molar-refractivity contribution in [2.75, 3.05) is 0 Å². The van der Waals surface area contributed by atoms with E-state index in [4.69, 9.17) is 14.2 Å². The predicted molar refractivity (Wildman–Crippen MR) is 57.4 cm³/mol. The minimum Gasteiger partial charge on any atom is -0.342 e. The van der Waals surface area contributed by atoms with Crippen molar-refractivity contribution in [3.05, 3.63) is 12.2 Å². The lowest BCUT2D eigenvalue weighted by Crippen LogP contribution is -2.24. The van der Waals surface area contributed by atoms with Gasteiger partial charge in [0.2, 0.25) is 0 Å². The number of hydrogen-bond donors (Lipinski definition) is 0. The summed E-state index contributed by atoms with van der Waals surface area (Å²) in [5.41, 5.74) is 0. The average Bonchev–Trinajstić information content (AvgIpc) is 2.58. The summed E-state index contributed by atoms with van der Waals surface area (Å²) < 4.78 is 17.1. The van der Waals surface area contributed by atoms with E-state index in [1.807, 2.05) is 13.8 Å². The summed E-state index contributed by atoms with van der Waals surface area (Å²) in [7, 11) is 0. The van der Waals surface area contributed by atoms with Crippen LogP contribution in [0.2, 0.25) is 0 Å². The maximum atomic E-state index is 5.73. The van der Waals surface area contributed by atoms with Crippen molar-refractivity contribution in [2.24, 2.45) is 0 Å². The van der Waals surface area contributed by atoms with Crippen molar-refractivity contribution < 1.29 is 14.2 Å². The maximum Gasteiger partial charge on any atom is 0.187 e. The minimum absolute atomic E-state index is 0.108. The van der Waals surface area contributed by atoms with Crippen molar-refractivity contribution in [3.8, 4) is 0 Å². The van der Waals surface area contributed by atoms with Crippen molar-refractivity contribution in [2.45, 2.75) is 64.3 Å². The van der Waals surface area contributed by atoms with Crippen molar-refractivity contribution in [1.82, 2.24) is 0 Å². The molecule has 0 aromatic rings. The van der Waals surface area contributed by atoms with Crippen LogP contribution in [-0.2, 0) is 14.2 Å². The van der Waals surface area contributed by atoms with Gasteiger partial charge in [0.25, 0.3) is 0 Å². The van der Waals surface area contributed by atoms with Crippen LogP contribution in [0.4, 0.5) is 0 Å². The zero-order valence-electron chi connectivity index (χ0n) is 9.73. The molecule has 86 valence electrons. The molecule has 0 aromatic carbocycles. The highest BCUT2D eigenvalue weighted by atomic mass is 16.8. The van der Waals surface area contributed by atoms with Gasteiger partial charge in [-0.1, -0.05) is 25.5 Å². The molecule has 0 aliphatic carbocycles. The highest BCUT2D eigenvalue weighted by Gasteiger charge is 2.47. The van der Waals surface area contributed by atoms with Crippen LogP contribution in [0.25, 0.3) is 0 Å². The normalized spacial score (nSPS) is 38.7. The molecule has 0 bridgehead atoms. The number of fused-ring (bicyclic) bond motifs is 1. The Kier molecular flexibility index (Phi) is 3.14. The Hall–Kier alpha value is -0.380. The van der Waals surface area contributed by atoms with E-state index in [0.29, 0.717) is 0 Å². The summed E-state index contributed by atoms with van der Waals surface area (Å²) >= 11 is 0. The van der Waals surface area contributed by atoms with Crippen LogP contribution >= 0.6 is 0 Å². The van der Waals surface area contributed by atoms with E-state index in [2.05, 4.69) is 19.1 Å². The lowest BCUT2D eigenvalue weighted by atomic mass is 10.2. The molecule has 0 amide bonds. The van der Waals surface area contributed by atoms with E-state index < -0.39 is 5.79 Å². The Bertz CT molecular complexity index is 231. The van der Waals surface area contributed by atoms with Gasteiger partial charge in [-0.15, -0.1) is 0 Å². The zero-order chi connectivity index (χ0) is 10.9. The largest absolute Gasteiger partial charge is 0.342 e. The first-order valence-electron chi connectivity index (χ1n) is 5.78. The third kappa shape index (κ3) is 2.60. The summed E-state index contributed by atoms with van der Waals surface area (Å²) in [5, 5.41) is 0. The highest BCUT2D eigenvalue weighted by molar-refractivity contribution is 4.97. The Labute approximate surface area is 91.4 Å². The summed E-state index contributed by atoms with van der Waals surface area (Å²) in [6.45, 7) is 6.02. The molecule has 2 rings (SSSR count). The molecule has 2 heterocycles. The van der Waals surface area contributed by atoms with E-state index in [1.54, 1.807) is 0 Å². The fourth-order valence-corrected chi connectivity index (χ4v) is 2.07. The fraction of sp³-hybridized carbons (Fsp3) is 0.833. The van der Waals surface area contributed by atoms with Gasteiger partial charge in [-0.05, 0) is 20.3 Å². The van der Waals surface area contributed by atoms with Crippen LogP contribution in [0.5, 0.6) is 0 Å². The van der Waals surface area contributed by atoms with Crippen LogP contribution in [0, 0.1) is 0 Å². The third-order valence-corrected chi connectivity index (χ3v) is 2.72. The zero-order valence-corrected chi connectivity index (χ0v) is 9.73. The van der Waals surface area contributed by atoms with Crippen LogP contribution in [0.3, 0.4) is 0 Å². The van der Waals surface area contributed by atoms with Gasteiger partial charge in [-0.25, -0.2) is 0 Å². The monoisotopic (exact) mass is 212 g/mol. The molecule has 3 heteroatoms. The smallest absolute Gasteiger partial charge is 0.187 e. The predicted octanol–water partition coefficient (Wildman–Crippen LogP) is 2.61. The molecule has 0 radical (unpaired) electrons. The molecule has 15 heavy (non-hydrogen) atoms. The summed E-state index contributed by atoms with van der Waals surface area (Å²) in [6.07, 6.45) is 7.61. The molecule has 0 saturated carbocycles. The Balaban J connectivity index is 1.83. The topological polar surface area (TPSA) is 27.7 Å². The number of hydrogen-bond acceptors (Lipinski definition) is 3. The molecular formula is C12H20O3. The molecule has 2 aliphatic heterocycles. The van der Waals surface area contributed by atoms with Crippen molar-refractivity contribution >= 4 is 0 Å². The van der Waals surface area contributed by atoms with E-state index in [9.17, 15) is 0 Å². The lowest BCUT2D eigenvalue weighted by molar-refractivity contribution is -0.200. The Morgan fingerprint density at radius 3 is 2.80 bits per heavy atom. The van der Waals surface area contributed by atoms with Gasteiger partial charge in [0.15, 0.2) is 12.1 Å².